The van der Waals surface area contributed by atoms with Crippen LogP contribution in [0.5, 0.6) is 0 Å². The first-order chi connectivity index (χ1) is 28.3. The van der Waals surface area contributed by atoms with E-state index in [-0.39, 0.29) is 10.8 Å². The Kier molecular flexibility index (Phi) is 6.78. The molecule has 0 amide bonds. The minimum absolute atomic E-state index is 0.102. The molecule has 58 heavy (non-hydrogen) atoms. The van der Waals surface area contributed by atoms with Crippen LogP contribution in [0.3, 0.4) is 0 Å². The second-order valence-corrected chi connectivity index (χ2v) is 17.3. The van der Waals surface area contributed by atoms with Crippen LogP contribution in [0.15, 0.2) is 180 Å². The lowest BCUT2D eigenvalue weighted by Crippen LogP contribution is -2.16. The van der Waals surface area contributed by atoms with Gasteiger partial charge in [-0.1, -0.05) is 155 Å². The van der Waals surface area contributed by atoms with Crippen molar-refractivity contribution in [2.45, 2.75) is 38.5 Å². The second-order valence-electron chi connectivity index (χ2n) is 17.3. The van der Waals surface area contributed by atoms with Gasteiger partial charge in [0.15, 0.2) is 0 Å². The van der Waals surface area contributed by atoms with Crippen molar-refractivity contribution in [1.82, 2.24) is 0 Å². The molecule has 0 unspecified atom stereocenters. The van der Waals surface area contributed by atoms with Crippen molar-refractivity contribution < 1.29 is 4.42 Å². The van der Waals surface area contributed by atoms with Gasteiger partial charge in [-0.15, -0.1) is 0 Å². The highest BCUT2D eigenvalue weighted by Crippen LogP contribution is 2.53. The van der Waals surface area contributed by atoms with Crippen molar-refractivity contribution in [3.63, 3.8) is 0 Å². The number of fused-ring (bicyclic) bond motifs is 11. The van der Waals surface area contributed by atoms with Gasteiger partial charge in [0.05, 0.1) is 5.69 Å². The molecule has 0 fully saturated rings. The molecule has 0 aliphatic heterocycles. The Hall–Kier alpha value is -6.90. The molecule has 0 saturated heterocycles. The summed E-state index contributed by atoms with van der Waals surface area (Å²) in [5.41, 5.74) is 18.0. The quantitative estimate of drug-likeness (QED) is 0.178. The zero-order chi connectivity index (χ0) is 38.9. The Morgan fingerprint density at radius 1 is 0.397 bits per heavy atom. The molecule has 2 heteroatoms. The van der Waals surface area contributed by atoms with Gasteiger partial charge in [-0.25, -0.2) is 0 Å². The minimum atomic E-state index is -0.122. The van der Waals surface area contributed by atoms with Crippen molar-refractivity contribution in [2.75, 3.05) is 4.90 Å². The summed E-state index contributed by atoms with van der Waals surface area (Å²) in [5.74, 6) is 0. The fourth-order valence-corrected chi connectivity index (χ4v) is 10.5. The molecular formula is C56H41NO. The summed E-state index contributed by atoms with van der Waals surface area (Å²) in [7, 11) is 0. The maximum absolute atomic E-state index is 7.15. The number of anilines is 3. The SMILES string of the molecule is CC1(C)c2ccccc2-c2ccc(-c3c4ccccc4cc4c3oc3cc(N(c5ccc6c(c5)C(C)(C)c5ccccc5-6)c5cccc6ccccc56)ccc34)cc21. The van der Waals surface area contributed by atoms with E-state index in [1.807, 2.05) is 0 Å². The van der Waals surface area contributed by atoms with Crippen LogP contribution < -0.4 is 4.90 Å². The van der Waals surface area contributed by atoms with Gasteiger partial charge < -0.3 is 9.32 Å². The fraction of sp³-hybridized carbons (Fsp3) is 0.107. The predicted octanol–water partition coefficient (Wildman–Crippen LogP) is 15.6. The van der Waals surface area contributed by atoms with E-state index in [2.05, 4.69) is 209 Å². The normalized spacial score (nSPS) is 14.5. The van der Waals surface area contributed by atoms with Gasteiger partial charge in [0, 0.05) is 50.0 Å². The van der Waals surface area contributed by atoms with E-state index in [0.29, 0.717) is 0 Å². The molecule has 2 aliphatic carbocycles. The summed E-state index contributed by atoms with van der Waals surface area (Å²) in [6, 6.07) is 65.0. The van der Waals surface area contributed by atoms with Gasteiger partial charge in [0.25, 0.3) is 0 Å². The van der Waals surface area contributed by atoms with Gasteiger partial charge >= 0.3 is 0 Å². The molecule has 0 spiro atoms. The molecule has 1 aromatic heterocycles. The van der Waals surface area contributed by atoms with Crippen molar-refractivity contribution >= 4 is 60.5 Å². The number of furan rings is 1. The van der Waals surface area contributed by atoms with E-state index >= 15 is 0 Å². The Balaban J connectivity index is 1.08. The zero-order valence-corrected chi connectivity index (χ0v) is 33.1. The van der Waals surface area contributed by atoms with Gasteiger partial charge in [0.1, 0.15) is 11.2 Å². The van der Waals surface area contributed by atoms with Crippen LogP contribution in [0.1, 0.15) is 49.9 Å². The maximum Gasteiger partial charge on any atom is 0.143 e. The number of hydrogen-bond donors (Lipinski definition) is 0. The second kappa shape index (κ2) is 11.8. The van der Waals surface area contributed by atoms with E-state index in [1.54, 1.807) is 0 Å². The molecule has 1 heterocycles. The summed E-state index contributed by atoms with van der Waals surface area (Å²) in [6.07, 6.45) is 0. The Morgan fingerprint density at radius 3 is 1.72 bits per heavy atom. The zero-order valence-electron chi connectivity index (χ0n) is 33.1. The molecular weight excluding hydrogens is 703 g/mol. The van der Waals surface area contributed by atoms with E-state index in [0.717, 1.165) is 44.6 Å². The molecule has 0 N–H and O–H groups in total. The molecule has 0 radical (unpaired) electrons. The molecule has 276 valence electrons. The summed E-state index contributed by atoms with van der Waals surface area (Å²) >= 11 is 0. The van der Waals surface area contributed by atoms with Crippen molar-refractivity contribution in [2.24, 2.45) is 0 Å². The highest BCUT2D eigenvalue weighted by molar-refractivity contribution is 6.19. The van der Waals surface area contributed by atoms with Crippen LogP contribution in [0.2, 0.25) is 0 Å². The van der Waals surface area contributed by atoms with Crippen molar-refractivity contribution in [3.8, 4) is 33.4 Å². The topological polar surface area (TPSA) is 16.4 Å². The van der Waals surface area contributed by atoms with Crippen molar-refractivity contribution in [1.29, 1.82) is 0 Å². The van der Waals surface area contributed by atoms with Crippen LogP contribution in [0.25, 0.3) is 76.9 Å². The lowest BCUT2D eigenvalue weighted by Gasteiger charge is -2.29. The Morgan fingerprint density at radius 2 is 0.966 bits per heavy atom. The molecule has 2 aliphatic rings. The number of hydrogen-bond acceptors (Lipinski definition) is 2. The minimum Gasteiger partial charge on any atom is -0.455 e. The Labute approximate surface area is 338 Å². The lowest BCUT2D eigenvalue weighted by molar-refractivity contribution is 0.660. The van der Waals surface area contributed by atoms with Crippen LogP contribution >= 0.6 is 0 Å². The molecule has 0 atom stereocenters. The van der Waals surface area contributed by atoms with E-state index in [4.69, 9.17) is 4.42 Å². The van der Waals surface area contributed by atoms with E-state index in [9.17, 15) is 0 Å². The summed E-state index contributed by atoms with van der Waals surface area (Å²) in [6.45, 7) is 9.41. The van der Waals surface area contributed by atoms with E-state index < -0.39 is 0 Å². The average Bonchev–Trinajstić information content (AvgIpc) is 3.81. The predicted molar refractivity (Wildman–Crippen MR) is 244 cm³/mol. The third kappa shape index (κ3) is 4.54. The fourth-order valence-electron chi connectivity index (χ4n) is 10.5. The first-order valence-electron chi connectivity index (χ1n) is 20.4. The molecule has 2 nitrogen and oxygen atoms in total. The number of rotatable bonds is 4. The van der Waals surface area contributed by atoms with Crippen molar-refractivity contribution in [3.05, 3.63) is 198 Å². The van der Waals surface area contributed by atoms with Crippen LogP contribution in [0, 0.1) is 0 Å². The largest absolute Gasteiger partial charge is 0.455 e. The highest BCUT2D eigenvalue weighted by Gasteiger charge is 2.37. The Bertz CT molecular complexity index is 3350. The van der Waals surface area contributed by atoms with Gasteiger partial charge in [-0.2, -0.15) is 0 Å². The third-order valence-corrected chi connectivity index (χ3v) is 13.4. The van der Waals surface area contributed by atoms with Crippen LogP contribution in [-0.2, 0) is 10.8 Å². The summed E-state index contributed by atoms with van der Waals surface area (Å²) < 4.78 is 7.15. The van der Waals surface area contributed by atoms with Gasteiger partial charge in [-0.05, 0) is 109 Å². The monoisotopic (exact) mass is 743 g/mol. The first kappa shape index (κ1) is 33.3. The average molecular weight is 744 g/mol. The van der Waals surface area contributed by atoms with Gasteiger partial charge in [-0.3, -0.25) is 0 Å². The van der Waals surface area contributed by atoms with Crippen LogP contribution in [-0.4, -0.2) is 0 Å². The summed E-state index contributed by atoms with van der Waals surface area (Å²) in [5, 5.41) is 7.06. The smallest absolute Gasteiger partial charge is 0.143 e. The lowest BCUT2D eigenvalue weighted by atomic mass is 9.81. The first-order valence-corrected chi connectivity index (χ1v) is 20.4. The summed E-state index contributed by atoms with van der Waals surface area (Å²) in [4.78, 5) is 2.42. The molecule has 0 saturated carbocycles. The molecule has 10 aromatic rings. The third-order valence-electron chi connectivity index (χ3n) is 13.4. The van der Waals surface area contributed by atoms with Crippen LogP contribution in [0.4, 0.5) is 17.1 Å². The standard InChI is InChI=1S/C56H41NO/c1-55(2)47-21-11-9-19-41(47)43-27-24-36(31-49(43)55)53-40-18-8-6-15-35(40)30-46-45-29-26-38(33-52(45)58-54(46)53)57(51-23-13-16-34-14-5-7-17-39(34)51)37-25-28-44-42-20-10-12-22-48(42)56(3,4)50(44)32-37/h5-33H,1-4H3. The maximum atomic E-state index is 7.15. The highest BCUT2D eigenvalue weighted by atomic mass is 16.3. The van der Waals surface area contributed by atoms with E-state index in [1.165, 1.54) is 71.6 Å². The molecule has 12 rings (SSSR count). The number of nitrogens with zero attached hydrogens (tertiary/aromatic N) is 1. The van der Waals surface area contributed by atoms with Gasteiger partial charge in [0.2, 0.25) is 0 Å². The molecule has 9 aromatic carbocycles. The molecule has 0 bridgehead atoms. The number of benzene rings is 9.